The van der Waals surface area contributed by atoms with E-state index in [2.05, 4.69) is 20.3 Å². The van der Waals surface area contributed by atoms with Gasteiger partial charge >= 0.3 is 0 Å². The van der Waals surface area contributed by atoms with E-state index >= 15 is 0 Å². The summed E-state index contributed by atoms with van der Waals surface area (Å²) < 4.78 is 5.43. The topological polar surface area (TPSA) is 97.0 Å². The first-order valence-corrected chi connectivity index (χ1v) is 11.0. The normalized spacial score (nSPS) is 19.3. The second-order valence-corrected chi connectivity index (χ2v) is 8.19. The van der Waals surface area contributed by atoms with Gasteiger partial charge in [0.05, 0.1) is 17.8 Å². The molecule has 1 aliphatic rings. The van der Waals surface area contributed by atoms with Gasteiger partial charge < -0.3 is 15.0 Å². The summed E-state index contributed by atoms with van der Waals surface area (Å²) in [5.41, 5.74) is 1.94. The molecule has 1 saturated carbocycles. The maximum Gasteiger partial charge on any atom is 0.251 e. The van der Waals surface area contributed by atoms with Crippen molar-refractivity contribution in [2.45, 2.75) is 44.2 Å². The molecule has 0 radical (unpaired) electrons. The minimum Gasteiger partial charge on any atom is -0.381 e. The lowest BCUT2D eigenvalue weighted by Crippen LogP contribution is -2.37. The first kappa shape index (κ1) is 21.9. The van der Waals surface area contributed by atoms with E-state index in [4.69, 9.17) is 4.74 Å². The van der Waals surface area contributed by atoms with Crippen LogP contribution in [0.1, 0.15) is 43.0 Å². The molecule has 32 heavy (non-hydrogen) atoms. The molecule has 0 saturated heterocycles. The average Bonchev–Trinajstić information content (AvgIpc) is 2.84. The summed E-state index contributed by atoms with van der Waals surface area (Å²) >= 11 is 0. The Morgan fingerprint density at radius 3 is 2.56 bits per heavy atom. The van der Waals surface area contributed by atoms with Crippen molar-refractivity contribution in [2.75, 3.05) is 7.11 Å². The number of nitrogens with zero attached hydrogens (tertiary/aromatic N) is 2. The second kappa shape index (κ2) is 10.3. The number of aromatic nitrogens is 3. The molecule has 3 aromatic rings. The number of carbonyl (C=O) groups is 1. The summed E-state index contributed by atoms with van der Waals surface area (Å²) in [5, 5.41) is 3.22. The number of hydrogen-bond donors (Lipinski definition) is 2. The molecule has 1 aliphatic carbocycles. The molecular formula is C25H28N4O3. The summed E-state index contributed by atoms with van der Waals surface area (Å²) in [6.45, 7) is 0. The molecule has 2 aromatic heterocycles. The number of carbonyl (C=O) groups excluding carboxylic acids is 1. The van der Waals surface area contributed by atoms with E-state index in [-0.39, 0.29) is 29.5 Å². The fraction of sp³-hybridized carbons (Fsp3) is 0.360. The van der Waals surface area contributed by atoms with Gasteiger partial charge in [0.15, 0.2) is 5.82 Å². The van der Waals surface area contributed by atoms with Gasteiger partial charge in [-0.15, -0.1) is 0 Å². The molecular weight excluding hydrogens is 404 g/mol. The summed E-state index contributed by atoms with van der Waals surface area (Å²) in [4.78, 5) is 37.0. The van der Waals surface area contributed by atoms with Gasteiger partial charge in [0.2, 0.25) is 5.91 Å². The van der Waals surface area contributed by atoms with Crippen LogP contribution in [0.4, 0.5) is 0 Å². The Morgan fingerprint density at radius 1 is 1.12 bits per heavy atom. The Labute approximate surface area is 187 Å². The smallest absolute Gasteiger partial charge is 0.251 e. The van der Waals surface area contributed by atoms with Crippen molar-refractivity contribution < 1.29 is 9.53 Å². The maximum absolute atomic E-state index is 13.1. The Kier molecular flexibility index (Phi) is 7.07. The number of amides is 1. The molecule has 2 N–H and O–H groups in total. The predicted molar refractivity (Wildman–Crippen MR) is 122 cm³/mol. The first-order chi connectivity index (χ1) is 15.6. The van der Waals surface area contributed by atoms with Gasteiger partial charge in [0.25, 0.3) is 5.56 Å². The number of H-pyrrole nitrogens is 1. The van der Waals surface area contributed by atoms with E-state index in [1.807, 2.05) is 42.5 Å². The van der Waals surface area contributed by atoms with E-state index < -0.39 is 0 Å². The third-order valence-electron chi connectivity index (χ3n) is 6.01. The zero-order valence-corrected chi connectivity index (χ0v) is 18.2. The Morgan fingerprint density at radius 2 is 1.88 bits per heavy atom. The molecule has 4 rings (SSSR count). The van der Waals surface area contributed by atoms with E-state index in [0.717, 1.165) is 31.2 Å². The van der Waals surface area contributed by atoms with Gasteiger partial charge in [-0.3, -0.25) is 14.6 Å². The van der Waals surface area contributed by atoms with Gasteiger partial charge in [0.1, 0.15) is 5.69 Å². The van der Waals surface area contributed by atoms with Crippen LogP contribution in [-0.4, -0.2) is 34.1 Å². The molecule has 1 atom stereocenters. The Hall–Kier alpha value is -3.32. The number of pyridine rings is 1. The van der Waals surface area contributed by atoms with Crippen LogP contribution >= 0.6 is 0 Å². The van der Waals surface area contributed by atoms with Crippen LogP contribution in [0.2, 0.25) is 0 Å². The molecule has 2 heterocycles. The predicted octanol–water partition coefficient (Wildman–Crippen LogP) is 3.44. The van der Waals surface area contributed by atoms with Gasteiger partial charge in [-0.05, 0) is 43.4 Å². The summed E-state index contributed by atoms with van der Waals surface area (Å²) in [5.74, 6) is 0.441. The minimum atomic E-state index is -0.283. The summed E-state index contributed by atoms with van der Waals surface area (Å²) in [7, 11) is 1.73. The third-order valence-corrected chi connectivity index (χ3v) is 6.01. The fourth-order valence-electron chi connectivity index (χ4n) is 4.23. The molecule has 7 heteroatoms. The van der Waals surface area contributed by atoms with E-state index in [0.29, 0.717) is 23.6 Å². The molecule has 0 spiro atoms. The number of aromatic amines is 1. The zero-order valence-electron chi connectivity index (χ0n) is 18.2. The van der Waals surface area contributed by atoms with Crippen molar-refractivity contribution in [3.63, 3.8) is 0 Å². The monoisotopic (exact) mass is 432 g/mol. The van der Waals surface area contributed by atoms with Crippen molar-refractivity contribution >= 4 is 5.91 Å². The quantitative estimate of drug-likeness (QED) is 0.596. The van der Waals surface area contributed by atoms with Gasteiger partial charge in [-0.1, -0.05) is 36.4 Å². The maximum atomic E-state index is 13.1. The average molecular weight is 433 g/mol. The number of rotatable bonds is 7. The highest BCUT2D eigenvalue weighted by molar-refractivity contribution is 5.79. The molecule has 0 unspecified atom stereocenters. The third kappa shape index (κ3) is 5.48. The molecule has 166 valence electrons. The minimum absolute atomic E-state index is 0.0242. The van der Waals surface area contributed by atoms with E-state index in [1.54, 1.807) is 19.4 Å². The number of benzene rings is 1. The largest absolute Gasteiger partial charge is 0.381 e. The molecule has 1 aromatic carbocycles. The van der Waals surface area contributed by atoms with Gasteiger partial charge in [0, 0.05) is 31.7 Å². The van der Waals surface area contributed by atoms with E-state index in [1.165, 1.54) is 6.07 Å². The second-order valence-electron chi connectivity index (χ2n) is 8.19. The molecule has 1 amide bonds. The number of methoxy groups -OCH3 is 1. The molecule has 0 aliphatic heterocycles. The van der Waals surface area contributed by atoms with Crippen LogP contribution in [-0.2, 0) is 16.0 Å². The van der Waals surface area contributed by atoms with Crippen molar-refractivity contribution in [3.8, 4) is 11.5 Å². The van der Waals surface area contributed by atoms with Crippen LogP contribution in [0, 0.1) is 5.92 Å². The van der Waals surface area contributed by atoms with Crippen LogP contribution in [0.15, 0.2) is 65.6 Å². The Balaban J connectivity index is 1.55. The van der Waals surface area contributed by atoms with Crippen LogP contribution in [0.3, 0.4) is 0 Å². The van der Waals surface area contributed by atoms with Crippen LogP contribution < -0.4 is 10.9 Å². The van der Waals surface area contributed by atoms with Crippen molar-refractivity contribution in [3.05, 3.63) is 82.4 Å². The highest BCUT2D eigenvalue weighted by atomic mass is 16.5. The zero-order chi connectivity index (χ0) is 22.3. The fourth-order valence-corrected chi connectivity index (χ4v) is 4.23. The van der Waals surface area contributed by atoms with Crippen molar-refractivity contribution in [1.82, 2.24) is 20.3 Å². The van der Waals surface area contributed by atoms with Crippen LogP contribution in [0.5, 0.6) is 0 Å². The molecule has 7 nitrogen and oxygen atoms in total. The summed E-state index contributed by atoms with van der Waals surface area (Å²) in [6.07, 6.45) is 5.74. The number of ether oxygens (including phenoxy) is 1. The van der Waals surface area contributed by atoms with Gasteiger partial charge in [-0.25, -0.2) is 4.98 Å². The summed E-state index contributed by atoms with van der Waals surface area (Å²) in [6, 6.07) is 16.5. The molecule has 0 bridgehead atoms. The lowest BCUT2D eigenvalue weighted by Gasteiger charge is -2.28. The highest BCUT2D eigenvalue weighted by Gasteiger charge is 2.28. The first-order valence-electron chi connectivity index (χ1n) is 11.0. The van der Waals surface area contributed by atoms with Crippen LogP contribution in [0.25, 0.3) is 11.5 Å². The number of hydrogen-bond acceptors (Lipinski definition) is 5. The van der Waals surface area contributed by atoms with Crippen molar-refractivity contribution in [2.24, 2.45) is 5.92 Å². The number of nitrogens with one attached hydrogen (secondary N) is 2. The van der Waals surface area contributed by atoms with Gasteiger partial charge in [-0.2, -0.15) is 0 Å². The lowest BCUT2D eigenvalue weighted by molar-refractivity contribution is -0.127. The SMILES string of the molecule is COC1CCC(C(=O)N[C@@H](Cc2cc(=O)[nH]c(-c3ccccn3)n2)c2ccccc2)CC1. The van der Waals surface area contributed by atoms with E-state index in [9.17, 15) is 9.59 Å². The Bertz CT molecular complexity index is 1080. The van der Waals surface area contributed by atoms with Crippen molar-refractivity contribution in [1.29, 1.82) is 0 Å². The highest BCUT2D eigenvalue weighted by Crippen LogP contribution is 2.27. The lowest BCUT2D eigenvalue weighted by atomic mass is 9.86. The molecule has 1 fully saturated rings. The standard InChI is InChI=1S/C25H28N4O3/c1-32-20-12-10-18(11-13-20)25(31)28-22(17-7-3-2-4-8-17)15-19-16-23(30)29-24(27-19)21-9-5-6-14-26-21/h2-9,14,16,18,20,22H,10-13,15H2,1H3,(H,28,31)(H,27,29,30)/t18?,20?,22-/m0/s1.